The number of amides is 2. The van der Waals surface area contributed by atoms with Crippen LogP contribution in [-0.4, -0.2) is 43.0 Å². The number of halogens is 1. The Labute approximate surface area is 170 Å². The molecule has 0 bridgehead atoms. The molecule has 0 aromatic heterocycles. The van der Waals surface area contributed by atoms with E-state index in [1.807, 2.05) is 55.5 Å². The Bertz CT molecular complexity index is 855. The quantitative estimate of drug-likeness (QED) is 0.757. The van der Waals surface area contributed by atoms with Crippen molar-refractivity contribution in [3.05, 3.63) is 70.2 Å². The van der Waals surface area contributed by atoms with E-state index in [1.165, 1.54) is 0 Å². The predicted molar refractivity (Wildman–Crippen MR) is 109 cm³/mol. The van der Waals surface area contributed by atoms with Gasteiger partial charge in [-0.1, -0.05) is 54.1 Å². The first-order valence-electron chi connectivity index (χ1n) is 9.43. The molecule has 5 nitrogen and oxygen atoms in total. The highest BCUT2D eigenvalue weighted by molar-refractivity contribution is 6.31. The van der Waals surface area contributed by atoms with Crippen molar-refractivity contribution in [2.45, 2.75) is 31.9 Å². The SMILES string of the molecule is Cc1ccccc1[C@@H]1[C@@H](C(=O)NCCCc2ccccc2Cl)OCC(=O)N1C. The maximum absolute atomic E-state index is 12.8. The second-order valence-corrected chi connectivity index (χ2v) is 7.43. The van der Waals surface area contributed by atoms with Crippen LogP contribution in [0.3, 0.4) is 0 Å². The average Bonchev–Trinajstić information content (AvgIpc) is 2.69. The monoisotopic (exact) mass is 400 g/mol. The molecule has 6 heteroatoms. The summed E-state index contributed by atoms with van der Waals surface area (Å²) in [5.41, 5.74) is 3.01. The molecule has 2 aromatic rings. The molecule has 0 saturated carbocycles. The van der Waals surface area contributed by atoms with Crippen LogP contribution >= 0.6 is 11.6 Å². The van der Waals surface area contributed by atoms with Gasteiger partial charge in [-0.25, -0.2) is 0 Å². The maximum Gasteiger partial charge on any atom is 0.251 e. The van der Waals surface area contributed by atoms with Crippen molar-refractivity contribution in [3.8, 4) is 0 Å². The number of aryl methyl sites for hydroxylation is 2. The van der Waals surface area contributed by atoms with Crippen LogP contribution in [0.2, 0.25) is 5.02 Å². The Morgan fingerprint density at radius 2 is 1.93 bits per heavy atom. The minimum absolute atomic E-state index is 0.0867. The number of carbonyl (C=O) groups excluding carboxylic acids is 2. The Kier molecular flexibility index (Phi) is 6.70. The number of rotatable bonds is 6. The molecule has 3 rings (SSSR count). The maximum atomic E-state index is 12.8. The molecule has 1 aliphatic heterocycles. The fourth-order valence-electron chi connectivity index (χ4n) is 3.51. The third kappa shape index (κ3) is 4.54. The van der Waals surface area contributed by atoms with Gasteiger partial charge in [0.05, 0.1) is 6.04 Å². The number of ether oxygens (including phenoxy) is 1. The molecule has 148 valence electrons. The number of likely N-dealkylation sites (N-methyl/N-ethyl adjacent to an activating group) is 1. The molecule has 28 heavy (non-hydrogen) atoms. The molecule has 2 aromatic carbocycles. The summed E-state index contributed by atoms with van der Waals surface area (Å²) in [6.07, 6.45) is 0.820. The normalized spacial score (nSPS) is 19.5. The van der Waals surface area contributed by atoms with Gasteiger partial charge in [0.2, 0.25) is 5.91 Å². The Morgan fingerprint density at radius 3 is 2.68 bits per heavy atom. The number of hydrogen-bond acceptors (Lipinski definition) is 3. The first kappa shape index (κ1) is 20.4. The molecule has 1 aliphatic rings. The molecule has 0 aliphatic carbocycles. The fourth-order valence-corrected chi connectivity index (χ4v) is 3.74. The topological polar surface area (TPSA) is 58.6 Å². The molecule has 2 atom stereocenters. The molecule has 2 amide bonds. The lowest BCUT2D eigenvalue weighted by atomic mass is 9.94. The summed E-state index contributed by atoms with van der Waals surface area (Å²) in [4.78, 5) is 26.6. The van der Waals surface area contributed by atoms with E-state index in [0.29, 0.717) is 6.54 Å². The number of benzene rings is 2. The van der Waals surface area contributed by atoms with Crippen molar-refractivity contribution in [1.82, 2.24) is 10.2 Å². The van der Waals surface area contributed by atoms with Gasteiger partial charge >= 0.3 is 0 Å². The summed E-state index contributed by atoms with van der Waals surface area (Å²) >= 11 is 6.17. The van der Waals surface area contributed by atoms with Crippen molar-refractivity contribution < 1.29 is 14.3 Å². The summed E-state index contributed by atoms with van der Waals surface area (Å²) in [6, 6.07) is 15.0. The lowest BCUT2D eigenvalue weighted by Crippen LogP contribution is -2.53. The van der Waals surface area contributed by atoms with Gasteiger partial charge in [-0.05, 0) is 42.5 Å². The van der Waals surface area contributed by atoms with E-state index in [0.717, 1.165) is 34.6 Å². The summed E-state index contributed by atoms with van der Waals surface area (Å²) in [5, 5.41) is 3.69. The summed E-state index contributed by atoms with van der Waals surface area (Å²) in [6.45, 7) is 2.40. The molecular formula is C22H25ClN2O3. The van der Waals surface area contributed by atoms with E-state index in [4.69, 9.17) is 16.3 Å². The summed E-state index contributed by atoms with van der Waals surface area (Å²) in [7, 11) is 1.72. The average molecular weight is 401 g/mol. The van der Waals surface area contributed by atoms with E-state index in [2.05, 4.69) is 5.32 Å². The van der Waals surface area contributed by atoms with Crippen LogP contribution in [0.1, 0.15) is 29.2 Å². The lowest BCUT2D eigenvalue weighted by molar-refractivity contribution is -0.162. The second kappa shape index (κ2) is 9.22. The van der Waals surface area contributed by atoms with E-state index in [1.54, 1.807) is 11.9 Å². The van der Waals surface area contributed by atoms with Gasteiger partial charge in [0.15, 0.2) is 6.10 Å². The van der Waals surface area contributed by atoms with E-state index in [-0.39, 0.29) is 18.4 Å². The standard InChI is InChI=1S/C22H25ClN2O3/c1-15-8-3-5-11-17(15)20-21(28-14-19(26)25(20)2)22(27)24-13-7-10-16-9-4-6-12-18(16)23/h3-6,8-9,11-12,20-21H,7,10,13-14H2,1-2H3,(H,24,27)/t20-,21+/m1/s1. The number of nitrogens with one attached hydrogen (secondary N) is 1. The number of nitrogens with zero attached hydrogens (tertiary/aromatic N) is 1. The smallest absolute Gasteiger partial charge is 0.251 e. The highest BCUT2D eigenvalue weighted by Gasteiger charge is 2.40. The summed E-state index contributed by atoms with van der Waals surface area (Å²) in [5.74, 6) is -0.331. The molecule has 0 radical (unpaired) electrons. The van der Waals surface area contributed by atoms with Crippen LogP contribution in [0.15, 0.2) is 48.5 Å². The minimum atomic E-state index is -0.732. The Balaban J connectivity index is 1.64. The molecule has 1 fully saturated rings. The Hall–Kier alpha value is -2.37. The molecule has 1 N–H and O–H groups in total. The fraction of sp³-hybridized carbons (Fsp3) is 0.364. The van der Waals surface area contributed by atoms with Crippen LogP contribution < -0.4 is 5.32 Å². The lowest BCUT2D eigenvalue weighted by Gasteiger charge is -2.38. The second-order valence-electron chi connectivity index (χ2n) is 7.02. The third-order valence-electron chi connectivity index (χ3n) is 5.13. The van der Waals surface area contributed by atoms with Gasteiger partial charge in [-0.15, -0.1) is 0 Å². The highest BCUT2D eigenvalue weighted by Crippen LogP contribution is 2.31. The number of morpholine rings is 1. The van der Waals surface area contributed by atoms with Crippen LogP contribution in [-0.2, 0) is 20.7 Å². The summed E-state index contributed by atoms with van der Waals surface area (Å²) < 4.78 is 5.65. The first-order valence-corrected chi connectivity index (χ1v) is 9.80. The number of hydrogen-bond donors (Lipinski definition) is 1. The van der Waals surface area contributed by atoms with E-state index >= 15 is 0 Å². The molecule has 0 unspecified atom stereocenters. The third-order valence-corrected chi connectivity index (χ3v) is 5.50. The van der Waals surface area contributed by atoms with Gasteiger partial charge in [-0.3, -0.25) is 9.59 Å². The molecular weight excluding hydrogens is 376 g/mol. The van der Waals surface area contributed by atoms with E-state index < -0.39 is 12.1 Å². The van der Waals surface area contributed by atoms with Gasteiger partial charge in [0.25, 0.3) is 5.91 Å². The van der Waals surface area contributed by atoms with E-state index in [9.17, 15) is 9.59 Å². The number of carbonyl (C=O) groups is 2. The van der Waals surface area contributed by atoms with Crippen molar-refractivity contribution in [2.24, 2.45) is 0 Å². The molecule has 1 heterocycles. The molecule has 1 saturated heterocycles. The van der Waals surface area contributed by atoms with Crippen molar-refractivity contribution in [3.63, 3.8) is 0 Å². The van der Waals surface area contributed by atoms with Crippen molar-refractivity contribution >= 4 is 23.4 Å². The van der Waals surface area contributed by atoms with Crippen LogP contribution in [0.25, 0.3) is 0 Å². The largest absolute Gasteiger partial charge is 0.356 e. The van der Waals surface area contributed by atoms with Gasteiger partial charge < -0.3 is 15.0 Å². The van der Waals surface area contributed by atoms with Crippen LogP contribution in [0.4, 0.5) is 0 Å². The van der Waals surface area contributed by atoms with Crippen LogP contribution in [0.5, 0.6) is 0 Å². The Morgan fingerprint density at radius 1 is 1.21 bits per heavy atom. The highest BCUT2D eigenvalue weighted by atomic mass is 35.5. The zero-order chi connectivity index (χ0) is 20.1. The first-order chi connectivity index (χ1) is 13.5. The van der Waals surface area contributed by atoms with Crippen LogP contribution in [0, 0.1) is 6.92 Å². The minimum Gasteiger partial charge on any atom is -0.356 e. The van der Waals surface area contributed by atoms with Crippen molar-refractivity contribution in [2.75, 3.05) is 20.2 Å². The van der Waals surface area contributed by atoms with Crippen molar-refractivity contribution in [1.29, 1.82) is 0 Å². The zero-order valence-corrected chi connectivity index (χ0v) is 16.9. The predicted octanol–water partition coefficient (Wildman–Crippen LogP) is 3.30. The zero-order valence-electron chi connectivity index (χ0n) is 16.2. The molecule has 0 spiro atoms. The van der Waals surface area contributed by atoms with Gasteiger partial charge in [0, 0.05) is 18.6 Å². The van der Waals surface area contributed by atoms with Gasteiger partial charge in [-0.2, -0.15) is 0 Å². The van der Waals surface area contributed by atoms with Gasteiger partial charge in [0.1, 0.15) is 6.61 Å².